The Labute approximate surface area is 126 Å². The number of likely N-dealkylation sites (N-methyl/N-ethyl adjacent to an activating group) is 2. The molecule has 1 aromatic carbocycles. The summed E-state index contributed by atoms with van der Waals surface area (Å²) in [6.45, 7) is 3.25. The Morgan fingerprint density at radius 3 is 3.00 bits per heavy atom. The van der Waals surface area contributed by atoms with Crippen LogP contribution in [0, 0.1) is 0 Å². The minimum atomic E-state index is 0.683. The highest BCUT2D eigenvalue weighted by molar-refractivity contribution is 5.92. The Hall–Kier alpha value is -1.65. The van der Waals surface area contributed by atoms with Crippen molar-refractivity contribution in [3.05, 3.63) is 36.0 Å². The van der Waals surface area contributed by atoms with E-state index in [9.17, 15) is 0 Å². The number of benzene rings is 1. The fourth-order valence-corrected chi connectivity index (χ4v) is 3.31. The summed E-state index contributed by atoms with van der Waals surface area (Å²) in [5, 5.41) is 1.06. The zero-order valence-electron chi connectivity index (χ0n) is 12.9. The lowest BCUT2D eigenvalue weighted by molar-refractivity contribution is 0.216. The molecule has 1 saturated heterocycles. The molecule has 2 aromatic rings. The Kier molecular flexibility index (Phi) is 4.08. The summed E-state index contributed by atoms with van der Waals surface area (Å²) in [6, 6.07) is 8.78. The van der Waals surface area contributed by atoms with Crippen LogP contribution in [0.5, 0.6) is 0 Å². The highest BCUT2D eigenvalue weighted by Gasteiger charge is 2.22. The first-order valence-electron chi connectivity index (χ1n) is 7.66. The van der Waals surface area contributed by atoms with Crippen LogP contribution in [0.15, 0.2) is 30.5 Å². The second-order valence-corrected chi connectivity index (χ2v) is 6.19. The van der Waals surface area contributed by atoms with Crippen molar-refractivity contribution < 1.29 is 0 Å². The molecule has 1 atom stereocenters. The van der Waals surface area contributed by atoms with Crippen LogP contribution in [0.2, 0.25) is 0 Å². The zero-order valence-corrected chi connectivity index (χ0v) is 12.9. The molecule has 2 heterocycles. The number of nitrogens with two attached hydrogens (primary N) is 1. The molecule has 0 saturated carbocycles. The molecule has 0 bridgehead atoms. The average Bonchev–Trinajstić information content (AvgIpc) is 2.88. The maximum atomic E-state index is 6.05. The molecule has 1 aliphatic heterocycles. The van der Waals surface area contributed by atoms with Crippen LogP contribution in [0.3, 0.4) is 0 Å². The molecule has 0 radical (unpaired) electrons. The van der Waals surface area contributed by atoms with Gasteiger partial charge in [-0.1, -0.05) is 6.07 Å². The molecule has 21 heavy (non-hydrogen) atoms. The van der Waals surface area contributed by atoms with Crippen molar-refractivity contribution in [3.63, 3.8) is 0 Å². The molecule has 4 nitrogen and oxygen atoms in total. The highest BCUT2D eigenvalue weighted by Crippen LogP contribution is 2.24. The van der Waals surface area contributed by atoms with Crippen molar-refractivity contribution in [1.29, 1.82) is 0 Å². The zero-order chi connectivity index (χ0) is 14.8. The number of nitrogen functional groups attached to an aromatic ring is 1. The van der Waals surface area contributed by atoms with Crippen LogP contribution >= 0.6 is 0 Å². The van der Waals surface area contributed by atoms with E-state index < -0.39 is 0 Å². The predicted octanol–water partition coefficient (Wildman–Crippen LogP) is 2.34. The number of pyridine rings is 1. The topological polar surface area (TPSA) is 45.4 Å². The van der Waals surface area contributed by atoms with Gasteiger partial charge in [0.05, 0.1) is 5.52 Å². The smallest absolute Gasteiger partial charge is 0.0767 e. The van der Waals surface area contributed by atoms with Gasteiger partial charge in [-0.05, 0) is 57.2 Å². The average molecular weight is 284 g/mol. The molecular formula is C17H24N4. The van der Waals surface area contributed by atoms with Crippen LogP contribution in [-0.4, -0.2) is 48.0 Å². The fraction of sp³-hybridized carbons (Fsp3) is 0.471. The Morgan fingerprint density at radius 2 is 2.24 bits per heavy atom. The Balaban J connectivity index is 1.77. The monoisotopic (exact) mass is 284 g/mol. The lowest BCUT2D eigenvalue weighted by atomic mass is 10.1. The summed E-state index contributed by atoms with van der Waals surface area (Å²) >= 11 is 0. The largest absolute Gasteiger partial charge is 0.398 e. The lowest BCUT2D eigenvalue weighted by Crippen LogP contribution is -2.36. The molecule has 4 heteroatoms. The van der Waals surface area contributed by atoms with E-state index >= 15 is 0 Å². The molecule has 3 rings (SSSR count). The number of anilines is 1. The van der Waals surface area contributed by atoms with E-state index in [1.807, 2.05) is 24.4 Å². The molecule has 1 aromatic heterocycles. The van der Waals surface area contributed by atoms with Gasteiger partial charge in [-0.3, -0.25) is 4.98 Å². The minimum Gasteiger partial charge on any atom is -0.398 e. The second-order valence-electron chi connectivity index (χ2n) is 6.19. The van der Waals surface area contributed by atoms with Gasteiger partial charge in [0, 0.05) is 36.4 Å². The number of hydrogen-bond donors (Lipinski definition) is 1. The summed E-state index contributed by atoms with van der Waals surface area (Å²) in [5.41, 5.74) is 9.14. The quantitative estimate of drug-likeness (QED) is 0.875. The molecule has 0 spiro atoms. The van der Waals surface area contributed by atoms with Gasteiger partial charge in [0.15, 0.2) is 0 Å². The fourth-order valence-electron chi connectivity index (χ4n) is 3.31. The summed E-state index contributed by atoms with van der Waals surface area (Å²) < 4.78 is 0. The molecule has 2 N–H and O–H groups in total. The number of hydrogen-bond acceptors (Lipinski definition) is 4. The van der Waals surface area contributed by atoms with Crippen molar-refractivity contribution >= 4 is 16.6 Å². The third-order valence-corrected chi connectivity index (χ3v) is 4.52. The third kappa shape index (κ3) is 3.01. The van der Waals surface area contributed by atoms with Gasteiger partial charge in [-0.15, -0.1) is 0 Å². The number of rotatable bonds is 4. The predicted molar refractivity (Wildman–Crippen MR) is 88.1 cm³/mol. The number of fused-ring (bicyclic) bond motifs is 1. The molecule has 1 aliphatic rings. The molecule has 112 valence electrons. The van der Waals surface area contributed by atoms with Crippen LogP contribution < -0.4 is 5.73 Å². The van der Waals surface area contributed by atoms with Crippen molar-refractivity contribution in [3.8, 4) is 0 Å². The van der Waals surface area contributed by atoms with Gasteiger partial charge in [-0.25, -0.2) is 0 Å². The van der Waals surface area contributed by atoms with E-state index in [4.69, 9.17) is 5.73 Å². The summed E-state index contributed by atoms with van der Waals surface area (Å²) in [4.78, 5) is 9.39. The van der Waals surface area contributed by atoms with Crippen molar-refractivity contribution in [1.82, 2.24) is 14.8 Å². The van der Waals surface area contributed by atoms with E-state index in [0.717, 1.165) is 29.7 Å². The van der Waals surface area contributed by atoms with Crippen molar-refractivity contribution in [2.75, 3.05) is 32.9 Å². The normalized spacial score (nSPS) is 19.7. The number of aromatic nitrogens is 1. The summed E-state index contributed by atoms with van der Waals surface area (Å²) in [5.74, 6) is 0. The second kappa shape index (κ2) is 6.00. The molecule has 1 unspecified atom stereocenters. The first kappa shape index (κ1) is 14.3. The van der Waals surface area contributed by atoms with Gasteiger partial charge < -0.3 is 15.5 Å². The molecule has 0 amide bonds. The van der Waals surface area contributed by atoms with E-state index in [0.29, 0.717) is 6.04 Å². The molecular weight excluding hydrogens is 260 g/mol. The maximum Gasteiger partial charge on any atom is 0.0767 e. The maximum absolute atomic E-state index is 6.05. The van der Waals surface area contributed by atoms with Gasteiger partial charge in [0.2, 0.25) is 0 Å². The summed E-state index contributed by atoms with van der Waals surface area (Å²) in [7, 11) is 4.42. The van der Waals surface area contributed by atoms with Crippen LogP contribution in [0.25, 0.3) is 10.9 Å². The SMILES string of the molecule is CN(Cc1ccc(N)c2cccnc12)CC1CCCN1C. The van der Waals surface area contributed by atoms with Crippen molar-refractivity contribution in [2.24, 2.45) is 0 Å². The standard InChI is InChI=1S/C17H24N4/c1-20(12-14-5-4-10-21(14)2)11-13-7-8-16(18)15-6-3-9-19-17(13)15/h3,6-9,14H,4-5,10-12,18H2,1-2H3. The van der Waals surface area contributed by atoms with Gasteiger partial charge in [-0.2, -0.15) is 0 Å². The van der Waals surface area contributed by atoms with Gasteiger partial charge in [0.1, 0.15) is 0 Å². The highest BCUT2D eigenvalue weighted by atomic mass is 15.2. The third-order valence-electron chi connectivity index (χ3n) is 4.52. The van der Waals surface area contributed by atoms with Crippen LogP contribution in [0.4, 0.5) is 5.69 Å². The first-order chi connectivity index (χ1) is 10.1. The minimum absolute atomic E-state index is 0.683. The number of likely N-dealkylation sites (tertiary alicyclic amines) is 1. The summed E-state index contributed by atoms with van der Waals surface area (Å²) in [6.07, 6.45) is 4.47. The van der Waals surface area contributed by atoms with Crippen LogP contribution in [-0.2, 0) is 6.54 Å². The molecule has 1 fully saturated rings. The van der Waals surface area contributed by atoms with Gasteiger partial charge >= 0.3 is 0 Å². The Bertz CT molecular complexity index is 625. The van der Waals surface area contributed by atoms with E-state index in [2.05, 4.69) is 34.9 Å². The van der Waals surface area contributed by atoms with E-state index in [-0.39, 0.29) is 0 Å². The van der Waals surface area contributed by atoms with E-state index in [1.165, 1.54) is 24.9 Å². The van der Waals surface area contributed by atoms with E-state index in [1.54, 1.807) is 0 Å². The van der Waals surface area contributed by atoms with Gasteiger partial charge in [0.25, 0.3) is 0 Å². The first-order valence-corrected chi connectivity index (χ1v) is 7.66. The Morgan fingerprint density at radius 1 is 1.38 bits per heavy atom. The number of nitrogens with zero attached hydrogens (tertiary/aromatic N) is 3. The molecule has 0 aliphatic carbocycles. The van der Waals surface area contributed by atoms with Crippen molar-refractivity contribution in [2.45, 2.75) is 25.4 Å². The lowest BCUT2D eigenvalue weighted by Gasteiger charge is -2.26. The van der Waals surface area contributed by atoms with Crippen LogP contribution in [0.1, 0.15) is 18.4 Å².